The van der Waals surface area contributed by atoms with Gasteiger partial charge in [0, 0.05) is 44.1 Å². The maximum Gasteiger partial charge on any atom is 0.106 e. The van der Waals surface area contributed by atoms with Gasteiger partial charge in [-0.2, -0.15) is 45.3 Å². The van der Waals surface area contributed by atoms with E-state index >= 15 is 0 Å². The molecule has 0 saturated carbocycles. The zero-order chi connectivity index (χ0) is 16.8. The van der Waals surface area contributed by atoms with E-state index in [1.807, 2.05) is 67.3 Å². The summed E-state index contributed by atoms with van der Waals surface area (Å²) >= 11 is 6.43. The minimum Gasteiger partial charge on any atom is -0.384 e. The second kappa shape index (κ2) is 11.1. The monoisotopic (exact) mass is 619 g/mol. The van der Waals surface area contributed by atoms with Crippen molar-refractivity contribution in [2.24, 2.45) is 0 Å². The normalized spacial score (nSPS) is 10.4. The van der Waals surface area contributed by atoms with Crippen molar-refractivity contribution in [2.45, 2.75) is 12.2 Å². The van der Waals surface area contributed by atoms with Gasteiger partial charge in [-0.1, -0.05) is 0 Å². The van der Waals surface area contributed by atoms with Crippen LogP contribution < -0.4 is 0 Å². The molecule has 1 radical (unpaired) electrons. The van der Waals surface area contributed by atoms with Crippen LogP contribution in [0.4, 0.5) is 0 Å². The molecular formula is C18H16AcO2S4. The fourth-order valence-electron chi connectivity index (χ4n) is 2.11. The van der Waals surface area contributed by atoms with E-state index in [0.717, 1.165) is 22.3 Å². The molecule has 0 saturated heterocycles. The maximum absolute atomic E-state index is 9.78. The van der Waals surface area contributed by atoms with E-state index < -0.39 is 12.2 Å². The summed E-state index contributed by atoms with van der Waals surface area (Å²) in [6.07, 6.45) is -0.884. The molecular weight excluding hydrogens is 603 g/mol. The van der Waals surface area contributed by atoms with Gasteiger partial charge in [0.15, 0.2) is 0 Å². The molecule has 0 fully saturated rings. The van der Waals surface area contributed by atoms with Gasteiger partial charge < -0.3 is 10.2 Å². The number of rotatable bonds is 4. The molecule has 0 unspecified atom stereocenters. The molecule has 2 nitrogen and oxygen atoms in total. The first kappa shape index (κ1) is 21.5. The van der Waals surface area contributed by atoms with E-state index in [-0.39, 0.29) is 44.1 Å². The van der Waals surface area contributed by atoms with Crippen LogP contribution in [0.3, 0.4) is 0 Å². The summed E-state index contributed by atoms with van der Waals surface area (Å²) in [5.41, 5.74) is 3.94. The van der Waals surface area contributed by atoms with Crippen molar-refractivity contribution >= 4 is 45.3 Å². The largest absolute Gasteiger partial charge is 0.384 e. The van der Waals surface area contributed by atoms with Crippen LogP contribution >= 0.6 is 45.3 Å². The number of thiophene rings is 4. The van der Waals surface area contributed by atoms with Crippen molar-refractivity contribution in [3.05, 3.63) is 89.6 Å². The van der Waals surface area contributed by atoms with Gasteiger partial charge in [0.2, 0.25) is 0 Å². The topological polar surface area (TPSA) is 40.5 Å². The van der Waals surface area contributed by atoms with Crippen LogP contribution in [0.5, 0.6) is 0 Å². The van der Waals surface area contributed by atoms with E-state index in [1.54, 1.807) is 45.3 Å². The van der Waals surface area contributed by atoms with Gasteiger partial charge >= 0.3 is 0 Å². The van der Waals surface area contributed by atoms with Crippen LogP contribution in [0.2, 0.25) is 0 Å². The van der Waals surface area contributed by atoms with Gasteiger partial charge in [0.05, 0.1) is 0 Å². The molecule has 0 bridgehead atoms. The molecule has 7 heteroatoms. The number of hydrogen-bond donors (Lipinski definition) is 2. The summed E-state index contributed by atoms with van der Waals surface area (Å²) in [4.78, 5) is 0. The van der Waals surface area contributed by atoms with Gasteiger partial charge in [-0.05, 0) is 89.6 Å². The Labute approximate surface area is 199 Å². The van der Waals surface area contributed by atoms with E-state index in [9.17, 15) is 10.2 Å². The zero-order valence-electron chi connectivity index (χ0n) is 13.2. The van der Waals surface area contributed by atoms with E-state index in [4.69, 9.17) is 0 Å². The van der Waals surface area contributed by atoms with Crippen molar-refractivity contribution in [2.75, 3.05) is 0 Å². The summed E-state index contributed by atoms with van der Waals surface area (Å²) in [7, 11) is 0. The summed E-state index contributed by atoms with van der Waals surface area (Å²) in [6.45, 7) is 0. The first-order valence-corrected chi connectivity index (χ1v) is 11.0. The van der Waals surface area contributed by atoms with Crippen molar-refractivity contribution in [1.29, 1.82) is 0 Å². The summed E-state index contributed by atoms with van der Waals surface area (Å²) in [5.74, 6) is 0. The molecule has 0 aliphatic heterocycles. The minimum atomic E-state index is -0.442. The van der Waals surface area contributed by atoms with Crippen molar-refractivity contribution in [1.82, 2.24) is 0 Å². The second-order valence-electron chi connectivity index (χ2n) is 5.03. The van der Waals surface area contributed by atoms with Crippen molar-refractivity contribution in [3.63, 3.8) is 0 Å². The predicted molar refractivity (Wildman–Crippen MR) is 105 cm³/mol. The molecule has 0 aliphatic carbocycles. The smallest absolute Gasteiger partial charge is 0.106 e. The predicted octanol–water partition coefficient (Wildman–Crippen LogP) is 5.78. The maximum atomic E-state index is 9.78. The van der Waals surface area contributed by atoms with Crippen LogP contribution in [-0.4, -0.2) is 10.2 Å². The standard InChI is InChI=1S/2C9H8OS2.Ac/c2*10-9(7-1-3-11-5-7)8-2-4-12-6-8;/h2*1-6,9-10H;. The molecule has 25 heavy (non-hydrogen) atoms. The van der Waals surface area contributed by atoms with Crippen molar-refractivity contribution < 1.29 is 54.3 Å². The van der Waals surface area contributed by atoms with Crippen LogP contribution in [-0.2, 0) is 0 Å². The van der Waals surface area contributed by atoms with Crippen LogP contribution in [0, 0.1) is 44.1 Å². The molecule has 0 spiro atoms. The fourth-order valence-corrected chi connectivity index (χ4v) is 4.82. The van der Waals surface area contributed by atoms with Gasteiger partial charge in [0.1, 0.15) is 12.2 Å². The van der Waals surface area contributed by atoms with Crippen LogP contribution in [0.1, 0.15) is 34.5 Å². The van der Waals surface area contributed by atoms with Crippen molar-refractivity contribution in [3.8, 4) is 0 Å². The average Bonchev–Trinajstić information content (AvgIpc) is 3.43. The first-order chi connectivity index (χ1) is 11.8. The Balaban J connectivity index is 0.000000173. The first-order valence-electron chi connectivity index (χ1n) is 7.20. The third-order valence-corrected chi connectivity index (χ3v) is 6.24. The Kier molecular flexibility index (Phi) is 9.53. The summed E-state index contributed by atoms with van der Waals surface area (Å²) in [5, 5.41) is 35.4. The average molecular weight is 620 g/mol. The Hall–Kier alpha value is 0.162. The SMILES string of the molecule is OC(c1ccsc1)c1ccsc1.OC(c1ccsc1)c1ccsc1.[Ac]. The Bertz CT molecular complexity index is 655. The molecule has 0 amide bonds. The molecule has 2 N–H and O–H groups in total. The molecule has 4 heterocycles. The van der Waals surface area contributed by atoms with E-state index in [2.05, 4.69) is 0 Å². The Morgan fingerprint density at radius 3 is 0.920 bits per heavy atom. The summed E-state index contributed by atoms with van der Waals surface area (Å²) in [6, 6.07) is 7.81. The molecule has 0 aromatic carbocycles. The number of aliphatic hydroxyl groups is 2. The quantitative estimate of drug-likeness (QED) is 0.304. The van der Waals surface area contributed by atoms with E-state index in [1.165, 1.54) is 0 Å². The van der Waals surface area contributed by atoms with Gasteiger partial charge in [-0.15, -0.1) is 0 Å². The number of hydrogen-bond acceptors (Lipinski definition) is 6. The molecule has 4 aromatic rings. The Morgan fingerprint density at radius 2 is 0.760 bits per heavy atom. The van der Waals surface area contributed by atoms with Gasteiger partial charge in [-0.25, -0.2) is 0 Å². The third-order valence-electron chi connectivity index (χ3n) is 3.44. The molecule has 127 valence electrons. The fraction of sp³-hybridized carbons (Fsp3) is 0.111. The van der Waals surface area contributed by atoms with Crippen LogP contribution in [0.25, 0.3) is 0 Å². The second-order valence-corrected chi connectivity index (χ2v) is 8.15. The zero-order valence-corrected chi connectivity index (χ0v) is 21.2. The molecule has 4 aromatic heterocycles. The Morgan fingerprint density at radius 1 is 0.520 bits per heavy atom. The number of aliphatic hydroxyl groups excluding tert-OH is 2. The molecule has 0 atom stereocenters. The molecule has 4 rings (SSSR count). The summed E-state index contributed by atoms with van der Waals surface area (Å²) < 4.78 is 0. The third kappa shape index (κ3) is 6.08. The van der Waals surface area contributed by atoms with E-state index in [0.29, 0.717) is 0 Å². The minimum absolute atomic E-state index is 0. The van der Waals surface area contributed by atoms with Crippen LogP contribution in [0.15, 0.2) is 67.3 Å². The van der Waals surface area contributed by atoms with Gasteiger partial charge in [0.25, 0.3) is 0 Å². The van der Waals surface area contributed by atoms with Gasteiger partial charge in [-0.3, -0.25) is 0 Å². The molecule has 0 aliphatic rings.